The highest BCUT2D eigenvalue weighted by Crippen LogP contribution is 2.02. The van der Waals surface area contributed by atoms with Crippen LogP contribution in [0.25, 0.3) is 21.8 Å². The average molecular weight is 242 g/mol. The molecule has 3 aromatic rings. The van der Waals surface area contributed by atoms with E-state index in [0.717, 1.165) is 12.1 Å². The molecule has 0 radical (unpaired) electrons. The fraction of sp³-hybridized carbons (Fsp3) is 0. The normalized spacial score (nSPS) is 11.1. The number of H-pyrrole nitrogens is 2. The molecular formula is C12H6N2O4. The van der Waals surface area contributed by atoms with Gasteiger partial charge in [0.15, 0.2) is 10.9 Å². The van der Waals surface area contributed by atoms with Gasteiger partial charge in [0, 0.05) is 12.4 Å². The van der Waals surface area contributed by atoms with Gasteiger partial charge in [0.2, 0.25) is 10.9 Å². The minimum absolute atomic E-state index is 0.00213. The van der Waals surface area contributed by atoms with Crippen LogP contribution in [0.15, 0.2) is 43.7 Å². The Labute approximate surface area is 97.9 Å². The van der Waals surface area contributed by atoms with E-state index in [1.54, 1.807) is 0 Å². The van der Waals surface area contributed by atoms with Crippen molar-refractivity contribution in [1.29, 1.82) is 0 Å². The first-order chi connectivity index (χ1) is 8.61. The van der Waals surface area contributed by atoms with Crippen LogP contribution in [0.2, 0.25) is 0 Å². The fourth-order valence-electron chi connectivity index (χ4n) is 2.02. The molecule has 2 N–H and O–H groups in total. The van der Waals surface area contributed by atoms with Crippen LogP contribution < -0.4 is 21.7 Å². The Kier molecular flexibility index (Phi) is 1.94. The van der Waals surface area contributed by atoms with Crippen molar-refractivity contribution in [3.05, 3.63) is 65.4 Å². The Balaban J connectivity index is 2.93. The molecule has 0 fully saturated rings. The largest absolute Gasteiger partial charge is 0.355 e. The predicted octanol–water partition coefficient (Wildman–Crippen LogP) is -0.472. The summed E-state index contributed by atoms with van der Waals surface area (Å²) in [6.07, 6.45) is 2.86. The van der Waals surface area contributed by atoms with Gasteiger partial charge in [0.25, 0.3) is 0 Å². The number of hydrogen-bond acceptors (Lipinski definition) is 4. The lowest BCUT2D eigenvalue weighted by atomic mass is 10.1. The SMILES string of the molecule is O=c1ccc(=O)c2c(=O)c3[nH]cc[nH]c3c(=O)c12. The van der Waals surface area contributed by atoms with E-state index in [9.17, 15) is 19.2 Å². The number of aromatic nitrogens is 2. The summed E-state index contributed by atoms with van der Waals surface area (Å²) in [4.78, 5) is 52.7. The van der Waals surface area contributed by atoms with Crippen LogP contribution in [0.3, 0.4) is 0 Å². The first-order valence-corrected chi connectivity index (χ1v) is 5.14. The maximum absolute atomic E-state index is 12.1. The molecule has 0 spiro atoms. The summed E-state index contributed by atoms with van der Waals surface area (Å²) in [6, 6.07) is 2.01. The van der Waals surface area contributed by atoms with Gasteiger partial charge in [-0.15, -0.1) is 0 Å². The van der Waals surface area contributed by atoms with E-state index in [4.69, 9.17) is 0 Å². The van der Waals surface area contributed by atoms with Gasteiger partial charge in [-0.1, -0.05) is 0 Å². The van der Waals surface area contributed by atoms with E-state index in [0.29, 0.717) is 0 Å². The van der Waals surface area contributed by atoms with Crippen molar-refractivity contribution in [2.75, 3.05) is 0 Å². The molecule has 3 rings (SSSR count). The molecular weight excluding hydrogens is 236 g/mol. The van der Waals surface area contributed by atoms with Gasteiger partial charge >= 0.3 is 0 Å². The Hall–Kier alpha value is -2.76. The Morgan fingerprint density at radius 1 is 0.667 bits per heavy atom. The van der Waals surface area contributed by atoms with E-state index in [1.807, 2.05) is 0 Å². The summed E-state index contributed by atoms with van der Waals surface area (Å²) in [6.45, 7) is 0. The predicted molar refractivity (Wildman–Crippen MR) is 66.4 cm³/mol. The highest BCUT2D eigenvalue weighted by atomic mass is 16.1. The third-order valence-corrected chi connectivity index (χ3v) is 2.83. The van der Waals surface area contributed by atoms with Gasteiger partial charge in [-0.25, -0.2) is 0 Å². The topological polar surface area (TPSA) is 99.9 Å². The van der Waals surface area contributed by atoms with Gasteiger partial charge in [-0.05, 0) is 12.1 Å². The van der Waals surface area contributed by atoms with E-state index in [-0.39, 0.29) is 21.8 Å². The molecule has 6 nitrogen and oxygen atoms in total. The van der Waals surface area contributed by atoms with Crippen molar-refractivity contribution in [1.82, 2.24) is 9.97 Å². The maximum Gasteiger partial charge on any atom is 0.216 e. The van der Waals surface area contributed by atoms with Gasteiger partial charge in [-0.3, -0.25) is 19.2 Å². The quantitative estimate of drug-likeness (QED) is 0.520. The van der Waals surface area contributed by atoms with E-state index in [1.165, 1.54) is 12.4 Å². The van der Waals surface area contributed by atoms with Crippen LogP contribution in [-0.4, -0.2) is 9.97 Å². The number of hydrogen-bond donors (Lipinski definition) is 2. The van der Waals surface area contributed by atoms with Gasteiger partial charge < -0.3 is 9.97 Å². The van der Waals surface area contributed by atoms with Crippen LogP contribution >= 0.6 is 0 Å². The van der Waals surface area contributed by atoms with Crippen molar-refractivity contribution in [3.8, 4) is 0 Å². The summed E-state index contributed by atoms with van der Waals surface area (Å²) < 4.78 is 0. The van der Waals surface area contributed by atoms with Crippen LogP contribution in [0.5, 0.6) is 0 Å². The molecule has 0 aliphatic carbocycles. The molecule has 0 saturated carbocycles. The van der Waals surface area contributed by atoms with Gasteiger partial charge in [0.1, 0.15) is 11.0 Å². The van der Waals surface area contributed by atoms with Crippen LogP contribution in [-0.2, 0) is 0 Å². The second-order valence-electron chi connectivity index (χ2n) is 3.84. The maximum atomic E-state index is 12.1. The zero-order valence-corrected chi connectivity index (χ0v) is 8.94. The van der Waals surface area contributed by atoms with Crippen LogP contribution in [0, 0.1) is 0 Å². The summed E-state index contributed by atoms with van der Waals surface area (Å²) in [5.41, 5.74) is -2.52. The summed E-state index contributed by atoms with van der Waals surface area (Å²) >= 11 is 0. The van der Waals surface area contributed by atoms with Crippen molar-refractivity contribution in [2.45, 2.75) is 0 Å². The minimum atomic E-state index is -0.640. The molecule has 2 aromatic carbocycles. The van der Waals surface area contributed by atoms with Crippen molar-refractivity contribution in [3.63, 3.8) is 0 Å². The molecule has 1 aromatic heterocycles. The molecule has 0 aliphatic heterocycles. The molecule has 0 aliphatic rings. The molecule has 1 heterocycles. The van der Waals surface area contributed by atoms with E-state index >= 15 is 0 Å². The molecule has 0 amide bonds. The second kappa shape index (κ2) is 3.36. The van der Waals surface area contributed by atoms with Crippen molar-refractivity contribution >= 4 is 21.8 Å². The fourth-order valence-corrected chi connectivity index (χ4v) is 2.02. The summed E-state index contributed by atoms with van der Waals surface area (Å²) in [5, 5.41) is -0.702. The van der Waals surface area contributed by atoms with Gasteiger partial charge in [0.05, 0.1) is 10.8 Å². The highest BCUT2D eigenvalue weighted by molar-refractivity contribution is 5.93. The van der Waals surface area contributed by atoms with E-state index < -0.39 is 21.7 Å². The zero-order chi connectivity index (χ0) is 12.9. The molecule has 0 unspecified atom stereocenters. The second-order valence-corrected chi connectivity index (χ2v) is 3.84. The first kappa shape index (κ1) is 10.4. The lowest BCUT2D eigenvalue weighted by Gasteiger charge is -1.98. The Bertz CT molecular complexity index is 919. The highest BCUT2D eigenvalue weighted by Gasteiger charge is 2.15. The Morgan fingerprint density at radius 3 is 1.44 bits per heavy atom. The first-order valence-electron chi connectivity index (χ1n) is 5.14. The third kappa shape index (κ3) is 1.17. The molecule has 0 bridgehead atoms. The number of rotatable bonds is 0. The standard InChI is InChI=1S/C12H6N2O4/c15-5-1-2-6(16)8-7(5)11(17)9-10(12(8)18)14-4-3-13-9/h1-4,13-14H. The average Bonchev–Trinajstić information content (AvgIpc) is 2.38. The molecule has 6 heteroatoms. The van der Waals surface area contributed by atoms with Crippen molar-refractivity contribution in [2.24, 2.45) is 0 Å². The third-order valence-electron chi connectivity index (χ3n) is 2.83. The Morgan fingerprint density at radius 2 is 1.06 bits per heavy atom. The molecule has 18 heavy (non-hydrogen) atoms. The lowest BCUT2D eigenvalue weighted by molar-refractivity contribution is 1.28. The minimum Gasteiger partial charge on any atom is -0.355 e. The summed E-state index contributed by atoms with van der Waals surface area (Å²) in [7, 11) is 0. The zero-order valence-electron chi connectivity index (χ0n) is 8.94. The monoisotopic (exact) mass is 242 g/mol. The van der Waals surface area contributed by atoms with E-state index in [2.05, 4.69) is 9.97 Å². The van der Waals surface area contributed by atoms with Crippen molar-refractivity contribution < 1.29 is 0 Å². The molecule has 0 saturated heterocycles. The number of nitrogens with one attached hydrogen (secondary N) is 2. The summed E-state index contributed by atoms with van der Waals surface area (Å²) in [5.74, 6) is 0. The smallest absolute Gasteiger partial charge is 0.216 e. The lowest BCUT2D eigenvalue weighted by Crippen LogP contribution is -2.26. The molecule has 0 atom stereocenters. The number of fused-ring (bicyclic) bond motifs is 2. The number of benzene rings is 2. The number of aromatic amines is 2. The van der Waals surface area contributed by atoms with Crippen LogP contribution in [0.4, 0.5) is 0 Å². The molecule has 88 valence electrons. The van der Waals surface area contributed by atoms with Crippen LogP contribution in [0.1, 0.15) is 0 Å². The van der Waals surface area contributed by atoms with Gasteiger partial charge in [-0.2, -0.15) is 0 Å².